The van der Waals surface area contributed by atoms with Gasteiger partial charge in [0.2, 0.25) is 5.91 Å². The van der Waals surface area contributed by atoms with Crippen LogP contribution in [0.4, 0.5) is 5.82 Å². The van der Waals surface area contributed by atoms with Crippen molar-refractivity contribution in [2.45, 2.75) is 39.3 Å². The third kappa shape index (κ3) is 3.95. The molecule has 0 bridgehead atoms. The van der Waals surface area contributed by atoms with Gasteiger partial charge in [-0.25, -0.2) is 24.9 Å². The molecule has 5 rings (SSSR count). The van der Waals surface area contributed by atoms with Gasteiger partial charge in [0.15, 0.2) is 17.0 Å². The first kappa shape index (κ1) is 19.8. The quantitative estimate of drug-likeness (QED) is 0.611. The van der Waals surface area contributed by atoms with Crippen molar-refractivity contribution in [2.24, 2.45) is 5.92 Å². The first-order chi connectivity index (χ1) is 15.1. The second kappa shape index (κ2) is 8.18. The summed E-state index contributed by atoms with van der Waals surface area (Å²) in [5.41, 5.74) is 2.44. The van der Waals surface area contributed by atoms with Gasteiger partial charge in [-0.15, -0.1) is 0 Å². The molecule has 2 aliphatic rings. The number of likely N-dealkylation sites (tertiary alicyclic amines) is 1. The van der Waals surface area contributed by atoms with Gasteiger partial charge >= 0.3 is 0 Å². The van der Waals surface area contributed by atoms with Crippen LogP contribution in [0.3, 0.4) is 0 Å². The molecule has 2 atom stereocenters. The van der Waals surface area contributed by atoms with E-state index in [-0.39, 0.29) is 5.91 Å². The lowest BCUT2D eigenvalue weighted by atomic mass is 10.1. The van der Waals surface area contributed by atoms with Gasteiger partial charge in [0.1, 0.15) is 18.0 Å². The van der Waals surface area contributed by atoms with Crippen molar-refractivity contribution >= 4 is 22.9 Å². The maximum Gasteiger partial charge on any atom is 0.220 e. The topological polar surface area (TPSA) is 114 Å². The largest absolute Gasteiger partial charge is 0.364 e. The second-order valence-electron chi connectivity index (χ2n) is 8.36. The summed E-state index contributed by atoms with van der Waals surface area (Å²) in [5.74, 6) is 2.87. The van der Waals surface area contributed by atoms with Crippen molar-refractivity contribution in [1.29, 1.82) is 0 Å². The molecule has 2 N–H and O–H groups in total. The smallest absolute Gasteiger partial charge is 0.220 e. The summed E-state index contributed by atoms with van der Waals surface area (Å²) in [7, 11) is 0. The highest BCUT2D eigenvalue weighted by Crippen LogP contribution is 2.27. The fourth-order valence-corrected chi connectivity index (χ4v) is 4.54. The number of hydrogen-bond donors (Lipinski definition) is 2. The number of nitrogens with zero attached hydrogens (tertiary/aromatic N) is 7. The van der Waals surface area contributed by atoms with Gasteiger partial charge in [-0.1, -0.05) is 0 Å². The zero-order chi connectivity index (χ0) is 21.4. The van der Waals surface area contributed by atoms with E-state index in [1.165, 1.54) is 0 Å². The molecule has 0 radical (unpaired) electrons. The molecule has 0 saturated carbocycles. The van der Waals surface area contributed by atoms with Crippen molar-refractivity contribution in [3.8, 4) is 11.4 Å². The Kier molecular flexibility index (Phi) is 5.23. The lowest BCUT2D eigenvalue weighted by molar-refractivity contribution is -0.119. The second-order valence-corrected chi connectivity index (χ2v) is 8.36. The fraction of sp³-hybridized carbons (Fsp3) is 0.524. The maximum atomic E-state index is 11.5. The van der Waals surface area contributed by atoms with Crippen LogP contribution >= 0.6 is 0 Å². The first-order valence-corrected chi connectivity index (χ1v) is 10.9. The normalized spacial score (nSPS) is 21.7. The molecule has 0 aromatic carbocycles. The number of imidazole rings is 1. The average Bonchev–Trinajstić information content (AvgIpc) is 3.48. The molecule has 162 valence electrons. The van der Waals surface area contributed by atoms with E-state index in [2.05, 4.69) is 47.0 Å². The van der Waals surface area contributed by atoms with E-state index in [0.29, 0.717) is 18.4 Å². The summed E-state index contributed by atoms with van der Waals surface area (Å²) >= 11 is 0. The molecule has 3 aromatic heterocycles. The molecule has 5 heterocycles. The summed E-state index contributed by atoms with van der Waals surface area (Å²) in [5, 5.41) is 6.52. The Hall–Kier alpha value is -3.14. The highest BCUT2D eigenvalue weighted by atomic mass is 16.1. The van der Waals surface area contributed by atoms with Gasteiger partial charge in [-0.3, -0.25) is 4.79 Å². The number of anilines is 1. The zero-order valence-corrected chi connectivity index (χ0v) is 17.9. The highest BCUT2D eigenvalue weighted by molar-refractivity contribution is 5.86. The number of fused-ring (bicyclic) bond motifs is 1. The van der Waals surface area contributed by atoms with E-state index in [1.54, 1.807) is 18.7 Å². The zero-order valence-electron chi connectivity index (χ0n) is 17.9. The molecule has 0 aliphatic carbocycles. The number of rotatable bonds is 6. The Balaban J connectivity index is 1.36. The monoisotopic (exact) mass is 421 g/mol. The van der Waals surface area contributed by atoms with E-state index in [0.717, 1.165) is 73.3 Å². The highest BCUT2D eigenvalue weighted by Gasteiger charge is 2.29. The summed E-state index contributed by atoms with van der Waals surface area (Å²) in [4.78, 5) is 36.4. The molecular weight excluding hydrogens is 394 g/mol. The van der Waals surface area contributed by atoms with Crippen LogP contribution in [0.25, 0.3) is 22.6 Å². The van der Waals surface area contributed by atoms with Crippen LogP contribution < -0.4 is 10.6 Å². The summed E-state index contributed by atoms with van der Waals surface area (Å²) in [6, 6.07) is 0.293. The van der Waals surface area contributed by atoms with Crippen LogP contribution in [0.1, 0.15) is 25.6 Å². The van der Waals surface area contributed by atoms with Crippen LogP contribution in [0.15, 0.2) is 18.7 Å². The minimum atomic E-state index is 0.170. The van der Waals surface area contributed by atoms with Crippen molar-refractivity contribution in [3.05, 3.63) is 24.5 Å². The molecule has 3 aromatic rings. The molecule has 31 heavy (non-hydrogen) atoms. The molecule has 0 spiro atoms. The molecular formula is C21H27N9O. The molecule has 2 unspecified atom stereocenters. The Morgan fingerprint density at radius 2 is 2.06 bits per heavy atom. The predicted octanol–water partition coefficient (Wildman–Crippen LogP) is 1.23. The first-order valence-electron chi connectivity index (χ1n) is 10.9. The molecule has 2 saturated heterocycles. The summed E-state index contributed by atoms with van der Waals surface area (Å²) in [6.45, 7) is 8.38. The SMILES string of the molecule is CCn1c(-c2cnc(C)nc2)nc2c(NC3CCN(CC4CNC(=O)C4)C3)ncnc21. The number of hydrogen-bond acceptors (Lipinski definition) is 8. The number of aryl methyl sites for hydroxylation is 2. The molecule has 2 aliphatic heterocycles. The number of carbonyl (C=O) groups excluding carboxylic acids is 1. The van der Waals surface area contributed by atoms with E-state index < -0.39 is 0 Å². The molecule has 10 nitrogen and oxygen atoms in total. The average molecular weight is 422 g/mol. The van der Waals surface area contributed by atoms with Crippen molar-refractivity contribution in [2.75, 3.05) is 31.5 Å². The third-order valence-electron chi connectivity index (χ3n) is 6.08. The third-order valence-corrected chi connectivity index (χ3v) is 6.08. The Labute approximate surface area is 180 Å². The van der Waals surface area contributed by atoms with E-state index >= 15 is 0 Å². The minimum absolute atomic E-state index is 0.170. The van der Waals surface area contributed by atoms with E-state index in [1.807, 2.05) is 6.92 Å². The van der Waals surface area contributed by atoms with E-state index in [4.69, 9.17) is 4.98 Å². The molecule has 2 fully saturated rings. The van der Waals surface area contributed by atoms with Crippen LogP contribution in [-0.2, 0) is 11.3 Å². The lowest BCUT2D eigenvalue weighted by Crippen LogP contribution is -2.31. The van der Waals surface area contributed by atoms with Gasteiger partial charge in [0.05, 0.1) is 5.56 Å². The number of aromatic nitrogens is 6. The molecule has 10 heteroatoms. The molecule has 1 amide bonds. The minimum Gasteiger partial charge on any atom is -0.364 e. The predicted molar refractivity (Wildman–Crippen MR) is 116 cm³/mol. The van der Waals surface area contributed by atoms with Crippen LogP contribution in [0.2, 0.25) is 0 Å². The van der Waals surface area contributed by atoms with Gasteiger partial charge in [-0.05, 0) is 26.2 Å². The van der Waals surface area contributed by atoms with Crippen molar-refractivity contribution in [3.63, 3.8) is 0 Å². The van der Waals surface area contributed by atoms with Crippen molar-refractivity contribution in [1.82, 2.24) is 39.7 Å². The fourth-order valence-electron chi connectivity index (χ4n) is 4.54. The summed E-state index contributed by atoms with van der Waals surface area (Å²) < 4.78 is 2.07. The number of nitrogens with one attached hydrogen (secondary N) is 2. The Morgan fingerprint density at radius 3 is 2.81 bits per heavy atom. The van der Waals surface area contributed by atoms with Gasteiger partial charge < -0.3 is 20.1 Å². The van der Waals surface area contributed by atoms with Gasteiger partial charge in [0, 0.05) is 57.6 Å². The lowest BCUT2D eigenvalue weighted by Gasteiger charge is -2.19. The Bertz CT molecular complexity index is 1090. The van der Waals surface area contributed by atoms with Crippen LogP contribution in [-0.4, -0.2) is 72.5 Å². The van der Waals surface area contributed by atoms with E-state index in [9.17, 15) is 4.79 Å². The standard InChI is InChI=1S/C21H27N9O/c1-3-30-20(15-8-22-13(2)23-9-15)28-18-19(25-12-26-21(18)30)27-16-4-5-29(11-16)10-14-6-17(31)24-7-14/h8-9,12,14,16H,3-7,10-11H2,1-2H3,(H,24,31)(H,25,26,27). The van der Waals surface area contributed by atoms with Crippen LogP contribution in [0, 0.1) is 12.8 Å². The number of carbonyl (C=O) groups is 1. The summed E-state index contributed by atoms with van der Waals surface area (Å²) in [6.07, 6.45) is 6.87. The van der Waals surface area contributed by atoms with Crippen LogP contribution in [0.5, 0.6) is 0 Å². The maximum absolute atomic E-state index is 11.5. The van der Waals surface area contributed by atoms with Gasteiger partial charge in [0.25, 0.3) is 0 Å². The number of amides is 1. The Morgan fingerprint density at radius 1 is 1.23 bits per heavy atom. The van der Waals surface area contributed by atoms with Gasteiger partial charge in [-0.2, -0.15) is 0 Å². The van der Waals surface area contributed by atoms with Crippen molar-refractivity contribution < 1.29 is 4.79 Å².